The number of halogens is 1. The van der Waals surface area contributed by atoms with Crippen LogP contribution in [0, 0.1) is 0 Å². The third kappa shape index (κ3) is 8.38. The molecular weight excluding hydrogens is 546 g/mol. The van der Waals surface area contributed by atoms with Crippen LogP contribution in [0.25, 0.3) is 5.57 Å². The Labute approximate surface area is 266 Å². The van der Waals surface area contributed by atoms with Gasteiger partial charge in [0.25, 0.3) is 0 Å². The van der Waals surface area contributed by atoms with Crippen molar-refractivity contribution in [1.29, 1.82) is 0 Å². The molecule has 1 aliphatic heterocycles. The second-order valence-corrected chi connectivity index (χ2v) is 12.1. The third-order valence-corrected chi connectivity index (χ3v) is 8.42. The Balaban J connectivity index is 0.000000192. The van der Waals surface area contributed by atoms with Crippen LogP contribution in [-0.4, -0.2) is 57.6 Å². The predicted octanol–water partition coefficient (Wildman–Crippen LogP) is 8.47. The van der Waals surface area contributed by atoms with Gasteiger partial charge in [-0.2, -0.15) is 0 Å². The maximum Gasteiger partial charge on any atom is 0.0443 e. The standard InChI is InChI=1S/C20H23N.C19H24N2.ClH/c1-21(2)15-7-12-20-18-10-5-3-8-16(18)13-14-17-9-4-6-11-19(17)20;1-20(2)14-7-15-21-18-10-5-3-8-16(18)12-13-17-9-4-6-11-19(17)21;/h3-6,8-12H,7,13-15H2,1-2H3;3-6,8-11H,7,12-15H2,1-2H3;1H. The van der Waals surface area contributed by atoms with Crippen LogP contribution in [0.15, 0.2) is 103 Å². The van der Waals surface area contributed by atoms with E-state index >= 15 is 0 Å². The van der Waals surface area contributed by atoms with E-state index in [1.165, 1.54) is 56.7 Å². The number of para-hydroxylation sites is 2. The molecule has 1 heterocycles. The Kier molecular flexibility index (Phi) is 12.0. The molecule has 226 valence electrons. The summed E-state index contributed by atoms with van der Waals surface area (Å²) in [4.78, 5) is 7.02. The van der Waals surface area contributed by atoms with Gasteiger partial charge in [-0.05, 0) is 124 Å². The van der Waals surface area contributed by atoms with Crippen molar-refractivity contribution >= 4 is 29.4 Å². The lowest BCUT2D eigenvalue weighted by Crippen LogP contribution is -2.23. The minimum absolute atomic E-state index is 0. The van der Waals surface area contributed by atoms with Gasteiger partial charge in [0.2, 0.25) is 0 Å². The Morgan fingerprint density at radius 1 is 0.558 bits per heavy atom. The number of nitrogens with zero attached hydrogens (tertiary/aromatic N) is 3. The van der Waals surface area contributed by atoms with Crippen molar-refractivity contribution in [2.24, 2.45) is 0 Å². The normalized spacial score (nSPS) is 13.3. The summed E-state index contributed by atoms with van der Waals surface area (Å²) >= 11 is 0. The van der Waals surface area contributed by atoms with Gasteiger partial charge in [-0.15, -0.1) is 12.4 Å². The van der Waals surface area contributed by atoms with E-state index in [9.17, 15) is 0 Å². The van der Waals surface area contributed by atoms with Gasteiger partial charge in [0.15, 0.2) is 0 Å². The van der Waals surface area contributed by atoms with Crippen molar-refractivity contribution in [3.8, 4) is 0 Å². The molecular formula is C39H48ClN3. The maximum absolute atomic E-state index is 2.52. The van der Waals surface area contributed by atoms with Crippen LogP contribution in [0.1, 0.15) is 46.2 Å². The molecule has 0 fully saturated rings. The van der Waals surface area contributed by atoms with Crippen LogP contribution in [0.3, 0.4) is 0 Å². The molecule has 0 unspecified atom stereocenters. The highest BCUT2D eigenvalue weighted by Crippen LogP contribution is 2.36. The Hall–Kier alpha value is -3.37. The molecule has 0 aromatic heterocycles. The largest absolute Gasteiger partial charge is 0.341 e. The summed E-state index contributed by atoms with van der Waals surface area (Å²) in [5.74, 6) is 0. The van der Waals surface area contributed by atoms with E-state index in [1.54, 1.807) is 0 Å². The van der Waals surface area contributed by atoms with Gasteiger partial charge in [0, 0.05) is 24.5 Å². The number of hydrogen-bond donors (Lipinski definition) is 0. The van der Waals surface area contributed by atoms with Crippen molar-refractivity contribution in [3.05, 3.63) is 137 Å². The van der Waals surface area contributed by atoms with Crippen molar-refractivity contribution in [2.75, 3.05) is 52.7 Å². The highest BCUT2D eigenvalue weighted by Gasteiger charge is 2.20. The second-order valence-electron chi connectivity index (χ2n) is 12.1. The molecule has 0 bridgehead atoms. The minimum atomic E-state index is 0. The van der Waals surface area contributed by atoms with E-state index in [2.05, 4.69) is 146 Å². The van der Waals surface area contributed by atoms with Gasteiger partial charge < -0.3 is 14.7 Å². The van der Waals surface area contributed by atoms with Crippen molar-refractivity contribution in [2.45, 2.75) is 38.5 Å². The first-order chi connectivity index (χ1) is 20.5. The molecule has 0 amide bonds. The third-order valence-electron chi connectivity index (χ3n) is 8.42. The molecule has 0 N–H and O–H groups in total. The van der Waals surface area contributed by atoms with Gasteiger partial charge >= 0.3 is 0 Å². The first kappa shape index (κ1) is 32.5. The number of aryl methyl sites for hydroxylation is 4. The van der Waals surface area contributed by atoms with Gasteiger partial charge in [0.1, 0.15) is 0 Å². The van der Waals surface area contributed by atoms with E-state index in [4.69, 9.17) is 0 Å². The summed E-state index contributed by atoms with van der Waals surface area (Å²) in [6.07, 6.45) is 9.23. The Morgan fingerprint density at radius 2 is 0.977 bits per heavy atom. The van der Waals surface area contributed by atoms with Gasteiger partial charge in [-0.3, -0.25) is 0 Å². The molecule has 2 aliphatic rings. The number of anilines is 2. The average molecular weight is 594 g/mol. The number of fused-ring (bicyclic) bond motifs is 4. The van der Waals surface area contributed by atoms with Crippen molar-refractivity contribution in [1.82, 2.24) is 9.80 Å². The zero-order valence-electron chi connectivity index (χ0n) is 26.4. The SMILES string of the molecule is CN(C)CCC=C1c2ccccc2CCc2ccccc21.CN(C)CCCN1c2ccccc2CCc2ccccc21.Cl. The summed E-state index contributed by atoms with van der Waals surface area (Å²) in [7, 11) is 8.55. The fraction of sp³-hybridized carbons (Fsp3) is 0.333. The lowest BCUT2D eigenvalue weighted by atomic mass is 9.93. The molecule has 3 nitrogen and oxygen atoms in total. The van der Waals surface area contributed by atoms with Gasteiger partial charge in [-0.25, -0.2) is 0 Å². The molecule has 0 atom stereocenters. The smallest absolute Gasteiger partial charge is 0.0443 e. The summed E-state index contributed by atoms with van der Waals surface area (Å²) in [5, 5.41) is 0. The lowest BCUT2D eigenvalue weighted by molar-refractivity contribution is 0.402. The Bertz CT molecular complexity index is 1390. The van der Waals surface area contributed by atoms with Gasteiger partial charge in [-0.1, -0.05) is 91.0 Å². The summed E-state index contributed by atoms with van der Waals surface area (Å²) in [6, 6.07) is 35.5. The Morgan fingerprint density at radius 3 is 1.47 bits per heavy atom. The first-order valence-corrected chi connectivity index (χ1v) is 15.6. The number of benzene rings is 4. The monoisotopic (exact) mass is 593 g/mol. The van der Waals surface area contributed by atoms with E-state index < -0.39 is 0 Å². The second kappa shape index (κ2) is 15.9. The molecule has 43 heavy (non-hydrogen) atoms. The highest BCUT2D eigenvalue weighted by atomic mass is 35.5. The molecule has 4 heteroatoms. The van der Waals surface area contributed by atoms with Crippen molar-refractivity contribution in [3.63, 3.8) is 0 Å². The maximum atomic E-state index is 2.52. The lowest BCUT2D eigenvalue weighted by Gasteiger charge is -2.27. The molecule has 0 spiro atoms. The topological polar surface area (TPSA) is 9.72 Å². The quantitative estimate of drug-likeness (QED) is 0.213. The fourth-order valence-corrected chi connectivity index (χ4v) is 6.26. The molecule has 0 radical (unpaired) electrons. The van der Waals surface area contributed by atoms with Crippen LogP contribution in [0.5, 0.6) is 0 Å². The molecule has 4 aromatic rings. The zero-order chi connectivity index (χ0) is 29.3. The first-order valence-electron chi connectivity index (χ1n) is 15.6. The zero-order valence-corrected chi connectivity index (χ0v) is 27.2. The number of hydrogen-bond acceptors (Lipinski definition) is 3. The minimum Gasteiger partial charge on any atom is -0.341 e. The molecule has 0 saturated carbocycles. The van der Waals surface area contributed by atoms with Crippen LogP contribution >= 0.6 is 12.4 Å². The van der Waals surface area contributed by atoms with Gasteiger partial charge in [0.05, 0.1) is 0 Å². The predicted molar refractivity (Wildman–Crippen MR) is 188 cm³/mol. The van der Waals surface area contributed by atoms with E-state index in [1.807, 2.05) is 0 Å². The van der Waals surface area contributed by atoms with E-state index in [-0.39, 0.29) is 12.4 Å². The molecule has 0 saturated heterocycles. The fourth-order valence-electron chi connectivity index (χ4n) is 6.26. The average Bonchev–Trinajstić information content (AvgIpc) is 3.26. The van der Waals surface area contributed by atoms with E-state index in [0.29, 0.717) is 0 Å². The van der Waals surface area contributed by atoms with E-state index in [0.717, 1.165) is 51.7 Å². The van der Waals surface area contributed by atoms with Crippen molar-refractivity contribution < 1.29 is 0 Å². The highest BCUT2D eigenvalue weighted by molar-refractivity contribution is 5.85. The van der Waals surface area contributed by atoms with Crippen LogP contribution in [-0.2, 0) is 25.7 Å². The number of rotatable bonds is 7. The summed E-state index contributed by atoms with van der Waals surface area (Å²) in [5.41, 5.74) is 12.9. The summed E-state index contributed by atoms with van der Waals surface area (Å²) < 4.78 is 0. The van der Waals surface area contributed by atoms with Crippen LogP contribution < -0.4 is 4.90 Å². The molecule has 6 rings (SSSR count). The molecule has 1 aliphatic carbocycles. The van der Waals surface area contributed by atoms with Crippen LogP contribution in [0.2, 0.25) is 0 Å². The summed E-state index contributed by atoms with van der Waals surface area (Å²) in [6.45, 7) is 3.29. The van der Waals surface area contributed by atoms with Crippen LogP contribution in [0.4, 0.5) is 11.4 Å². The molecule has 4 aromatic carbocycles.